The van der Waals surface area contributed by atoms with Crippen LogP contribution in [0.2, 0.25) is 0 Å². The standard InChI is InChI=1S/C30H33N5O4/c1-18(2)15-26(28-33-24-14-11-21(29(37)39-4)17-25(24)34-28)32-27(36)16-20-9-12-22(13-10-20)31-30(38)35-23-8-6-5-7-19(23)3/h5-14,17-18,26H,15-16H2,1-4H3,(H,32,36)(H,33,34)(H2,31,35,38). The smallest absolute Gasteiger partial charge is 0.337 e. The number of carbonyl (C=O) groups excluding carboxylic acids is 3. The first-order valence-electron chi connectivity index (χ1n) is 12.8. The number of hydrogen-bond donors (Lipinski definition) is 4. The van der Waals surface area contributed by atoms with Crippen molar-refractivity contribution in [2.45, 2.75) is 39.7 Å². The largest absolute Gasteiger partial charge is 0.465 e. The number of aromatic amines is 1. The fourth-order valence-corrected chi connectivity index (χ4v) is 4.28. The molecule has 1 atom stereocenters. The molecule has 4 rings (SSSR count). The van der Waals surface area contributed by atoms with Gasteiger partial charge in [0.1, 0.15) is 5.82 Å². The summed E-state index contributed by atoms with van der Waals surface area (Å²) in [6.07, 6.45) is 0.866. The molecule has 0 radical (unpaired) electrons. The van der Waals surface area contributed by atoms with Gasteiger partial charge in [-0.2, -0.15) is 0 Å². The van der Waals surface area contributed by atoms with Crippen LogP contribution in [0.3, 0.4) is 0 Å². The topological polar surface area (TPSA) is 125 Å². The lowest BCUT2D eigenvalue weighted by Crippen LogP contribution is -2.31. The Kier molecular flexibility index (Phi) is 8.60. The first kappa shape index (κ1) is 27.4. The number of amides is 3. The molecule has 39 heavy (non-hydrogen) atoms. The van der Waals surface area contributed by atoms with Crippen LogP contribution < -0.4 is 16.0 Å². The highest BCUT2D eigenvalue weighted by Crippen LogP contribution is 2.23. The van der Waals surface area contributed by atoms with Gasteiger partial charge in [0.15, 0.2) is 0 Å². The third kappa shape index (κ3) is 7.22. The monoisotopic (exact) mass is 527 g/mol. The molecule has 0 spiro atoms. The zero-order valence-electron chi connectivity index (χ0n) is 22.5. The predicted molar refractivity (Wildman–Crippen MR) is 152 cm³/mol. The molecule has 3 amide bonds. The number of rotatable bonds is 9. The van der Waals surface area contributed by atoms with Gasteiger partial charge in [-0.1, -0.05) is 44.2 Å². The second-order valence-electron chi connectivity index (χ2n) is 9.86. The van der Waals surface area contributed by atoms with E-state index in [1.54, 1.807) is 30.3 Å². The van der Waals surface area contributed by atoms with Gasteiger partial charge < -0.3 is 25.7 Å². The molecule has 202 valence electrons. The van der Waals surface area contributed by atoms with E-state index >= 15 is 0 Å². The Morgan fingerprint density at radius 2 is 1.72 bits per heavy atom. The van der Waals surface area contributed by atoms with Crippen molar-refractivity contribution in [2.75, 3.05) is 17.7 Å². The quantitative estimate of drug-likeness (QED) is 0.206. The highest BCUT2D eigenvalue weighted by atomic mass is 16.5. The first-order valence-corrected chi connectivity index (χ1v) is 12.8. The molecule has 0 aliphatic carbocycles. The molecule has 0 fully saturated rings. The molecule has 0 bridgehead atoms. The molecular formula is C30H33N5O4. The SMILES string of the molecule is COC(=O)c1ccc2nc(C(CC(C)C)NC(=O)Cc3ccc(NC(=O)Nc4ccccc4C)cc3)[nH]c2c1. The second kappa shape index (κ2) is 12.3. The van der Waals surface area contributed by atoms with Crippen molar-refractivity contribution < 1.29 is 19.1 Å². The number of ether oxygens (including phenoxy) is 1. The summed E-state index contributed by atoms with van der Waals surface area (Å²) < 4.78 is 4.80. The highest BCUT2D eigenvalue weighted by molar-refractivity contribution is 6.00. The zero-order valence-corrected chi connectivity index (χ0v) is 22.5. The van der Waals surface area contributed by atoms with Gasteiger partial charge in [0, 0.05) is 11.4 Å². The van der Waals surface area contributed by atoms with Crippen LogP contribution in [0.1, 0.15) is 53.6 Å². The average Bonchev–Trinajstić information content (AvgIpc) is 3.33. The Labute approximate surface area is 227 Å². The molecule has 1 aromatic heterocycles. The summed E-state index contributed by atoms with van der Waals surface area (Å²) in [5.41, 5.74) is 4.98. The molecule has 0 aliphatic rings. The minimum atomic E-state index is -0.423. The van der Waals surface area contributed by atoms with Gasteiger partial charge in [0.25, 0.3) is 0 Å². The van der Waals surface area contributed by atoms with Gasteiger partial charge in [-0.3, -0.25) is 4.79 Å². The number of anilines is 2. The van der Waals surface area contributed by atoms with Gasteiger partial charge >= 0.3 is 12.0 Å². The summed E-state index contributed by atoms with van der Waals surface area (Å²) in [5.74, 6) is 0.376. The van der Waals surface area contributed by atoms with Crippen LogP contribution in [-0.4, -0.2) is 35.0 Å². The Morgan fingerprint density at radius 1 is 0.974 bits per heavy atom. The molecule has 9 nitrogen and oxygen atoms in total. The lowest BCUT2D eigenvalue weighted by molar-refractivity contribution is -0.121. The maximum Gasteiger partial charge on any atom is 0.337 e. The van der Waals surface area contributed by atoms with Gasteiger partial charge in [-0.05, 0) is 66.8 Å². The summed E-state index contributed by atoms with van der Waals surface area (Å²) in [5, 5.41) is 8.74. The van der Waals surface area contributed by atoms with E-state index in [9.17, 15) is 14.4 Å². The maximum absolute atomic E-state index is 13.0. The van der Waals surface area contributed by atoms with Crippen LogP contribution in [-0.2, 0) is 16.0 Å². The molecule has 1 unspecified atom stereocenters. The van der Waals surface area contributed by atoms with Crippen LogP contribution >= 0.6 is 0 Å². The highest BCUT2D eigenvalue weighted by Gasteiger charge is 2.21. The maximum atomic E-state index is 13.0. The minimum Gasteiger partial charge on any atom is -0.465 e. The first-order chi connectivity index (χ1) is 18.7. The zero-order chi connectivity index (χ0) is 27.9. The molecule has 4 N–H and O–H groups in total. The number of imidazole rings is 1. The number of aryl methyl sites for hydroxylation is 1. The molecule has 0 aliphatic heterocycles. The van der Waals surface area contributed by atoms with Crippen LogP contribution in [0.25, 0.3) is 11.0 Å². The Bertz CT molecular complexity index is 1480. The number of para-hydroxylation sites is 1. The molecule has 0 saturated carbocycles. The van der Waals surface area contributed by atoms with Crippen molar-refractivity contribution >= 4 is 40.3 Å². The number of urea groups is 1. The number of carbonyl (C=O) groups is 3. The summed E-state index contributed by atoms with van der Waals surface area (Å²) >= 11 is 0. The van der Waals surface area contributed by atoms with Gasteiger partial charge in [-0.25, -0.2) is 14.6 Å². The van der Waals surface area contributed by atoms with E-state index in [1.807, 2.05) is 43.3 Å². The number of nitrogens with zero attached hydrogens (tertiary/aromatic N) is 1. The van der Waals surface area contributed by atoms with E-state index in [-0.39, 0.29) is 24.4 Å². The van der Waals surface area contributed by atoms with Gasteiger partial charge in [-0.15, -0.1) is 0 Å². The minimum absolute atomic E-state index is 0.144. The van der Waals surface area contributed by atoms with Crippen molar-refractivity contribution in [2.24, 2.45) is 5.92 Å². The summed E-state index contributed by atoms with van der Waals surface area (Å²) in [4.78, 5) is 45.1. The van der Waals surface area contributed by atoms with E-state index in [0.29, 0.717) is 40.4 Å². The summed E-state index contributed by atoms with van der Waals surface area (Å²) in [6.45, 7) is 6.09. The number of aromatic nitrogens is 2. The van der Waals surface area contributed by atoms with Crippen LogP contribution in [0.4, 0.5) is 16.2 Å². The normalized spacial score (nSPS) is 11.7. The van der Waals surface area contributed by atoms with E-state index in [2.05, 4.69) is 39.8 Å². The summed E-state index contributed by atoms with van der Waals surface area (Å²) in [6, 6.07) is 19.2. The van der Waals surface area contributed by atoms with E-state index in [4.69, 9.17) is 4.74 Å². The Hall–Kier alpha value is -4.66. The average molecular weight is 528 g/mol. The summed E-state index contributed by atoms with van der Waals surface area (Å²) in [7, 11) is 1.34. The molecule has 3 aromatic carbocycles. The van der Waals surface area contributed by atoms with Crippen molar-refractivity contribution in [3.8, 4) is 0 Å². The molecular weight excluding hydrogens is 494 g/mol. The van der Waals surface area contributed by atoms with Crippen molar-refractivity contribution in [3.05, 3.63) is 89.2 Å². The van der Waals surface area contributed by atoms with E-state index in [1.165, 1.54) is 7.11 Å². The van der Waals surface area contributed by atoms with Crippen LogP contribution in [0, 0.1) is 12.8 Å². The number of H-pyrrole nitrogens is 1. The molecule has 9 heteroatoms. The van der Waals surface area contributed by atoms with Crippen molar-refractivity contribution in [3.63, 3.8) is 0 Å². The van der Waals surface area contributed by atoms with E-state index < -0.39 is 5.97 Å². The second-order valence-corrected chi connectivity index (χ2v) is 9.86. The van der Waals surface area contributed by atoms with Crippen molar-refractivity contribution in [1.29, 1.82) is 0 Å². The number of nitrogens with one attached hydrogen (secondary N) is 4. The lowest BCUT2D eigenvalue weighted by Gasteiger charge is -2.19. The third-order valence-corrected chi connectivity index (χ3v) is 6.26. The van der Waals surface area contributed by atoms with Gasteiger partial charge in [0.2, 0.25) is 5.91 Å². The third-order valence-electron chi connectivity index (χ3n) is 6.26. The van der Waals surface area contributed by atoms with E-state index in [0.717, 1.165) is 16.8 Å². The Morgan fingerprint density at radius 3 is 2.41 bits per heavy atom. The molecule has 1 heterocycles. The number of hydrogen-bond acceptors (Lipinski definition) is 5. The van der Waals surface area contributed by atoms with Crippen molar-refractivity contribution in [1.82, 2.24) is 15.3 Å². The fraction of sp³-hybridized carbons (Fsp3) is 0.267. The van der Waals surface area contributed by atoms with Gasteiger partial charge in [0.05, 0.1) is 36.2 Å². The Balaban J connectivity index is 1.39. The van der Waals surface area contributed by atoms with Crippen LogP contribution in [0.5, 0.6) is 0 Å². The number of benzene rings is 3. The fourth-order valence-electron chi connectivity index (χ4n) is 4.28. The number of fused-ring (bicyclic) bond motifs is 1. The lowest BCUT2D eigenvalue weighted by atomic mass is 10.0. The number of esters is 1. The number of methoxy groups -OCH3 is 1. The van der Waals surface area contributed by atoms with Crippen LogP contribution in [0.15, 0.2) is 66.7 Å². The molecule has 0 saturated heterocycles. The molecule has 4 aromatic rings. The predicted octanol–water partition coefficient (Wildman–Crippen LogP) is 5.75.